The molecule has 2 N–H and O–H groups in total. The minimum atomic E-state index is -4.52. The Morgan fingerprint density at radius 3 is 2.65 bits per heavy atom. The number of azide groups is 1. The minimum absolute atomic E-state index is 0.0657. The number of sulfonamides is 1. The summed E-state index contributed by atoms with van der Waals surface area (Å²) in [6, 6.07) is 11.2. The highest BCUT2D eigenvalue weighted by atomic mass is 32.2. The van der Waals surface area contributed by atoms with Crippen LogP contribution in [0.4, 0.5) is 4.39 Å². The van der Waals surface area contributed by atoms with Crippen LogP contribution >= 0.6 is 18.9 Å². The summed E-state index contributed by atoms with van der Waals surface area (Å²) in [6.45, 7) is 0.965. The first-order valence-electron chi connectivity index (χ1n) is 11.0. The van der Waals surface area contributed by atoms with Gasteiger partial charge in [-0.15, -0.1) is 11.3 Å². The van der Waals surface area contributed by atoms with Gasteiger partial charge in [0.25, 0.3) is 10.0 Å². The zero-order valence-electron chi connectivity index (χ0n) is 19.4. The van der Waals surface area contributed by atoms with Crippen LogP contribution in [-0.4, -0.2) is 32.7 Å². The lowest BCUT2D eigenvalue weighted by atomic mass is 10.2. The molecule has 0 saturated carbocycles. The summed E-state index contributed by atoms with van der Waals surface area (Å²) in [5, 5.41) is 12.9. The van der Waals surface area contributed by atoms with E-state index in [1.54, 1.807) is 24.3 Å². The topological polar surface area (TPSA) is 174 Å². The van der Waals surface area contributed by atoms with Crippen molar-refractivity contribution < 1.29 is 31.5 Å². The molecule has 196 valence electrons. The van der Waals surface area contributed by atoms with Crippen molar-refractivity contribution in [3.05, 3.63) is 64.3 Å². The maximum absolute atomic E-state index is 13.7. The summed E-state index contributed by atoms with van der Waals surface area (Å²) in [7, 11) is -8.67. The standard InChI is InChI=1S/C22H23FN5O6PS2/c23-20-12-19(8-6-17(20)14-24)34-35(29,30)15-27-37(31,32)22-11-16-5-7-18(13-21(16)36-22)33-10-4-2-1-3-9-26-28-25/h5-8,11-13,27H,1-4,9-10,15H2,(H,29,30). The number of nitrogens with one attached hydrogen (secondary N) is 1. The summed E-state index contributed by atoms with van der Waals surface area (Å²) >= 11 is 0.971. The third-order valence-corrected chi connectivity index (χ3v) is 9.22. The maximum atomic E-state index is 13.7. The van der Waals surface area contributed by atoms with Crippen molar-refractivity contribution in [3.8, 4) is 17.6 Å². The van der Waals surface area contributed by atoms with E-state index in [2.05, 4.69) is 14.7 Å². The van der Waals surface area contributed by atoms with Gasteiger partial charge in [0.1, 0.15) is 33.9 Å². The Morgan fingerprint density at radius 1 is 1.16 bits per heavy atom. The smallest absolute Gasteiger partial charge is 0.391 e. The van der Waals surface area contributed by atoms with Crippen LogP contribution in [0.5, 0.6) is 11.5 Å². The Bertz CT molecular complexity index is 1500. The first-order chi connectivity index (χ1) is 17.6. The first kappa shape index (κ1) is 28.4. The molecule has 15 heteroatoms. The summed E-state index contributed by atoms with van der Waals surface area (Å²) in [4.78, 5) is 12.7. The Hall–Kier alpha value is -3.17. The second-order valence-corrected chi connectivity index (χ2v) is 12.6. The number of fused-ring (bicyclic) bond motifs is 1. The van der Waals surface area contributed by atoms with Crippen LogP contribution in [-0.2, 0) is 14.6 Å². The molecule has 2 aromatic carbocycles. The number of rotatable bonds is 14. The SMILES string of the molecule is N#Cc1ccc(OP(=O)(O)CNS(=O)(=O)c2cc3ccc(OCCCCCCN=[N+]=[N-])cc3s2)cc1F. The van der Waals surface area contributed by atoms with Crippen LogP contribution in [0.3, 0.4) is 0 Å². The number of nitriles is 1. The Kier molecular flexibility index (Phi) is 9.88. The molecule has 0 amide bonds. The van der Waals surface area contributed by atoms with Crippen molar-refractivity contribution in [2.75, 3.05) is 19.4 Å². The second-order valence-electron chi connectivity index (χ2n) is 7.77. The predicted molar refractivity (Wildman–Crippen MR) is 137 cm³/mol. The van der Waals surface area contributed by atoms with E-state index >= 15 is 0 Å². The average Bonchev–Trinajstić information content (AvgIpc) is 3.29. The highest BCUT2D eigenvalue weighted by Crippen LogP contribution is 2.42. The molecule has 0 aliphatic rings. The zero-order valence-corrected chi connectivity index (χ0v) is 21.9. The lowest BCUT2D eigenvalue weighted by Gasteiger charge is -2.14. The van der Waals surface area contributed by atoms with Gasteiger partial charge in [0.2, 0.25) is 0 Å². The average molecular weight is 568 g/mol. The molecule has 0 bridgehead atoms. The molecule has 1 atom stereocenters. The molecule has 3 rings (SSSR count). The van der Waals surface area contributed by atoms with Crippen LogP contribution < -0.4 is 14.0 Å². The molecule has 1 unspecified atom stereocenters. The fourth-order valence-corrected chi connectivity index (χ4v) is 7.13. The Labute approximate surface area is 216 Å². The molecule has 3 aromatic rings. The lowest BCUT2D eigenvalue weighted by Crippen LogP contribution is -2.25. The van der Waals surface area contributed by atoms with Gasteiger partial charge >= 0.3 is 7.60 Å². The second kappa shape index (κ2) is 12.9. The molecular weight excluding hydrogens is 544 g/mol. The van der Waals surface area contributed by atoms with Crippen LogP contribution in [0.1, 0.15) is 31.2 Å². The summed E-state index contributed by atoms with van der Waals surface area (Å²) < 4.78 is 64.7. The minimum Gasteiger partial charge on any atom is -0.494 e. The fourth-order valence-electron chi connectivity index (χ4n) is 3.16. The third kappa shape index (κ3) is 8.43. The van der Waals surface area contributed by atoms with Crippen molar-refractivity contribution in [2.24, 2.45) is 5.11 Å². The summed E-state index contributed by atoms with van der Waals surface area (Å²) in [6.07, 6.45) is 2.55. The molecule has 0 aliphatic carbocycles. The van der Waals surface area contributed by atoms with E-state index in [1.807, 2.05) is 0 Å². The molecule has 0 saturated heterocycles. The van der Waals surface area contributed by atoms with E-state index < -0.39 is 29.7 Å². The monoisotopic (exact) mass is 567 g/mol. The maximum Gasteiger partial charge on any atom is 0.391 e. The molecule has 1 aromatic heterocycles. The van der Waals surface area contributed by atoms with E-state index in [9.17, 15) is 22.3 Å². The van der Waals surface area contributed by atoms with Gasteiger partial charge in [-0.1, -0.05) is 18.0 Å². The highest BCUT2D eigenvalue weighted by molar-refractivity contribution is 7.92. The molecule has 1 heterocycles. The van der Waals surface area contributed by atoms with E-state index in [-0.39, 0.29) is 15.5 Å². The van der Waals surface area contributed by atoms with Gasteiger partial charge in [0.05, 0.1) is 12.2 Å². The highest BCUT2D eigenvalue weighted by Gasteiger charge is 2.27. The van der Waals surface area contributed by atoms with Crippen LogP contribution in [0.2, 0.25) is 0 Å². The number of hydrogen-bond donors (Lipinski definition) is 2. The summed E-state index contributed by atoms with van der Waals surface area (Å²) in [5.74, 6) is -0.663. The van der Waals surface area contributed by atoms with E-state index in [0.29, 0.717) is 29.0 Å². The molecule has 0 aliphatic heterocycles. The van der Waals surface area contributed by atoms with Gasteiger partial charge in [-0.3, -0.25) is 0 Å². The quantitative estimate of drug-likeness (QED) is 0.0830. The van der Waals surface area contributed by atoms with Crippen LogP contribution in [0.15, 0.2) is 51.8 Å². The number of benzene rings is 2. The van der Waals surface area contributed by atoms with Crippen molar-refractivity contribution in [2.45, 2.75) is 29.9 Å². The number of thiophene rings is 1. The normalized spacial score (nSPS) is 12.9. The number of halogens is 1. The molecule has 0 radical (unpaired) electrons. The number of nitrogens with zero attached hydrogens (tertiary/aromatic N) is 4. The summed E-state index contributed by atoms with van der Waals surface area (Å²) in [5.41, 5.74) is 7.98. The van der Waals surface area contributed by atoms with Crippen molar-refractivity contribution in [3.63, 3.8) is 0 Å². The van der Waals surface area contributed by atoms with Crippen molar-refractivity contribution >= 4 is 39.0 Å². The fraction of sp³-hybridized carbons (Fsp3) is 0.318. The van der Waals surface area contributed by atoms with E-state index in [0.717, 1.165) is 55.2 Å². The van der Waals surface area contributed by atoms with Crippen molar-refractivity contribution in [1.29, 1.82) is 5.26 Å². The van der Waals surface area contributed by atoms with Gasteiger partial charge < -0.3 is 14.2 Å². The van der Waals surface area contributed by atoms with Crippen LogP contribution in [0, 0.1) is 17.1 Å². The number of unbranched alkanes of at least 4 members (excludes halogenated alkanes) is 3. The zero-order chi connectivity index (χ0) is 26.9. The predicted octanol–water partition coefficient (Wildman–Crippen LogP) is 5.66. The van der Waals surface area contributed by atoms with Gasteiger partial charge in [-0.05, 0) is 60.2 Å². The molecule has 11 nitrogen and oxygen atoms in total. The largest absolute Gasteiger partial charge is 0.494 e. The van der Waals surface area contributed by atoms with Gasteiger partial charge in [-0.25, -0.2) is 17.4 Å². The number of hydrogen-bond acceptors (Lipinski definition) is 8. The molecular formula is C22H23FN5O6PS2. The van der Waals surface area contributed by atoms with Gasteiger partial charge in [0, 0.05) is 22.2 Å². The molecule has 0 spiro atoms. The van der Waals surface area contributed by atoms with Crippen LogP contribution in [0.25, 0.3) is 20.5 Å². The lowest BCUT2D eigenvalue weighted by molar-refractivity contribution is 0.305. The Morgan fingerprint density at radius 2 is 1.92 bits per heavy atom. The Balaban J connectivity index is 1.56. The first-order valence-corrected chi connectivity index (χ1v) is 15.1. The number of ether oxygens (including phenoxy) is 1. The van der Waals surface area contributed by atoms with E-state index in [1.165, 1.54) is 6.07 Å². The third-order valence-electron chi connectivity index (χ3n) is 4.98. The van der Waals surface area contributed by atoms with Crippen molar-refractivity contribution in [1.82, 2.24) is 4.72 Å². The molecule has 37 heavy (non-hydrogen) atoms. The van der Waals surface area contributed by atoms with E-state index in [4.69, 9.17) is 20.1 Å². The van der Waals surface area contributed by atoms with Gasteiger partial charge in [-0.2, -0.15) is 9.98 Å². The van der Waals surface area contributed by atoms with Gasteiger partial charge in [0.15, 0.2) is 0 Å². The molecule has 0 fully saturated rings.